The molecule has 1 aromatic rings. The van der Waals surface area contributed by atoms with Crippen LogP contribution in [-0.2, 0) is 6.54 Å². The Bertz CT molecular complexity index is 312. The first-order valence-electron chi connectivity index (χ1n) is 5.66. The smallest absolute Gasteiger partial charge is 0.0516 e. The number of halogens is 1. The van der Waals surface area contributed by atoms with Gasteiger partial charge in [-0.05, 0) is 32.0 Å². The van der Waals surface area contributed by atoms with Gasteiger partial charge in [0.15, 0.2) is 0 Å². The quantitative estimate of drug-likeness (QED) is 0.851. The summed E-state index contributed by atoms with van der Waals surface area (Å²) in [6.07, 6.45) is 1.05. The Balaban J connectivity index is 2.28. The molecule has 1 heterocycles. The Morgan fingerprint density at radius 1 is 1.50 bits per heavy atom. The van der Waals surface area contributed by atoms with Crippen LogP contribution in [0.2, 0.25) is 5.02 Å². The van der Waals surface area contributed by atoms with E-state index in [9.17, 15) is 0 Å². The predicted molar refractivity (Wildman–Crippen MR) is 73.1 cm³/mol. The average molecular weight is 261 g/mol. The molecule has 2 N–H and O–H groups in total. The van der Waals surface area contributed by atoms with E-state index in [0.29, 0.717) is 12.0 Å². The monoisotopic (exact) mass is 260 g/mol. The maximum Gasteiger partial charge on any atom is 0.0516 e. The van der Waals surface area contributed by atoms with Crippen molar-refractivity contribution in [2.24, 2.45) is 11.7 Å². The maximum absolute atomic E-state index is 6.02. The largest absolute Gasteiger partial charge is 0.327 e. The van der Waals surface area contributed by atoms with E-state index in [0.717, 1.165) is 24.5 Å². The highest BCUT2D eigenvalue weighted by Gasteiger charge is 2.09. The molecule has 0 bridgehead atoms. The lowest BCUT2D eigenvalue weighted by Crippen LogP contribution is -2.31. The predicted octanol–water partition coefficient (Wildman–Crippen LogP) is 3.21. The van der Waals surface area contributed by atoms with Crippen molar-refractivity contribution in [3.63, 3.8) is 0 Å². The second-order valence-electron chi connectivity index (χ2n) is 4.67. The Morgan fingerprint density at radius 2 is 2.19 bits per heavy atom. The van der Waals surface area contributed by atoms with Crippen LogP contribution in [0.1, 0.15) is 25.1 Å². The standard InChI is InChI=1S/C12H21ClN2S/c1-9(2)12(14)4-5-15(3)7-11-6-10(13)8-16-11/h6,8-9,12H,4-5,7,14H2,1-3H3. The normalized spacial score (nSPS) is 13.7. The molecule has 0 fully saturated rings. The van der Waals surface area contributed by atoms with Crippen LogP contribution in [0, 0.1) is 5.92 Å². The third-order valence-corrected chi connectivity index (χ3v) is 4.02. The van der Waals surface area contributed by atoms with E-state index in [4.69, 9.17) is 17.3 Å². The summed E-state index contributed by atoms with van der Waals surface area (Å²) in [7, 11) is 2.13. The van der Waals surface area contributed by atoms with Crippen LogP contribution in [-0.4, -0.2) is 24.5 Å². The van der Waals surface area contributed by atoms with E-state index in [2.05, 4.69) is 25.8 Å². The number of thiophene rings is 1. The van der Waals surface area contributed by atoms with Crippen molar-refractivity contribution in [1.82, 2.24) is 4.90 Å². The zero-order valence-corrected chi connectivity index (χ0v) is 11.8. The number of hydrogen-bond donors (Lipinski definition) is 1. The number of rotatable bonds is 6. The van der Waals surface area contributed by atoms with Crippen molar-refractivity contribution in [1.29, 1.82) is 0 Å². The summed E-state index contributed by atoms with van der Waals surface area (Å²) in [4.78, 5) is 3.61. The highest BCUT2D eigenvalue weighted by atomic mass is 35.5. The molecule has 0 radical (unpaired) electrons. The molecule has 4 heteroatoms. The minimum absolute atomic E-state index is 0.300. The van der Waals surface area contributed by atoms with E-state index >= 15 is 0 Å². The van der Waals surface area contributed by atoms with Gasteiger partial charge in [-0.3, -0.25) is 0 Å². The summed E-state index contributed by atoms with van der Waals surface area (Å²) >= 11 is 7.60. The fourth-order valence-corrected chi connectivity index (χ4v) is 2.64. The molecule has 1 unspecified atom stereocenters. The SMILES string of the molecule is CC(C)C(N)CCN(C)Cc1cc(Cl)cs1. The summed E-state index contributed by atoms with van der Waals surface area (Å²) in [5.41, 5.74) is 6.02. The molecule has 0 aliphatic rings. The fraction of sp³-hybridized carbons (Fsp3) is 0.667. The van der Waals surface area contributed by atoms with Crippen LogP contribution in [0.4, 0.5) is 0 Å². The molecule has 0 amide bonds. The third kappa shape index (κ3) is 4.83. The molecule has 1 atom stereocenters. The van der Waals surface area contributed by atoms with Gasteiger partial charge in [0, 0.05) is 22.8 Å². The van der Waals surface area contributed by atoms with E-state index in [1.54, 1.807) is 11.3 Å². The summed E-state index contributed by atoms with van der Waals surface area (Å²) in [6.45, 7) is 6.34. The molecule has 16 heavy (non-hydrogen) atoms. The molecule has 1 aromatic heterocycles. The summed E-state index contributed by atoms with van der Waals surface area (Å²) in [5, 5.41) is 2.82. The highest BCUT2D eigenvalue weighted by Crippen LogP contribution is 2.20. The Morgan fingerprint density at radius 3 is 2.69 bits per heavy atom. The van der Waals surface area contributed by atoms with Gasteiger partial charge in [-0.25, -0.2) is 0 Å². The van der Waals surface area contributed by atoms with Gasteiger partial charge in [-0.2, -0.15) is 0 Å². The lowest BCUT2D eigenvalue weighted by molar-refractivity contribution is 0.298. The van der Waals surface area contributed by atoms with Gasteiger partial charge in [-0.1, -0.05) is 25.4 Å². The van der Waals surface area contributed by atoms with Gasteiger partial charge < -0.3 is 10.6 Å². The van der Waals surface area contributed by atoms with Crippen molar-refractivity contribution < 1.29 is 0 Å². The Hall–Kier alpha value is -0.0900. The van der Waals surface area contributed by atoms with Crippen molar-refractivity contribution in [2.45, 2.75) is 32.9 Å². The van der Waals surface area contributed by atoms with Crippen molar-refractivity contribution in [3.05, 3.63) is 21.3 Å². The zero-order valence-electron chi connectivity index (χ0n) is 10.2. The molecular weight excluding hydrogens is 240 g/mol. The minimum atomic E-state index is 0.300. The topological polar surface area (TPSA) is 29.3 Å². The zero-order chi connectivity index (χ0) is 12.1. The number of hydrogen-bond acceptors (Lipinski definition) is 3. The molecule has 92 valence electrons. The lowest BCUT2D eigenvalue weighted by atomic mass is 10.0. The van der Waals surface area contributed by atoms with Crippen LogP contribution < -0.4 is 5.73 Å². The first kappa shape index (κ1) is 14.0. The molecule has 0 spiro atoms. The second kappa shape index (κ2) is 6.60. The lowest BCUT2D eigenvalue weighted by Gasteiger charge is -2.20. The fourth-order valence-electron chi connectivity index (χ4n) is 1.48. The summed E-state index contributed by atoms with van der Waals surface area (Å²) in [6, 6.07) is 2.33. The van der Waals surface area contributed by atoms with Gasteiger partial charge in [0.25, 0.3) is 0 Å². The van der Waals surface area contributed by atoms with E-state index in [1.165, 1.54) is 4.88 Å². The van der Waals surface area contributed by atoms with Crippen LogP contribution in [0.15, 0.2) is 11.4 Å². The van der Waals surface area contributed by atoms with E-state index in [-0.39, 0.29) is 0 Å². The molecule has 0 aromatic carbocycles. The Labute approximate surface area is 107 Å². The molecule has 0 aliphatic carbocycles. The first-order valence-corrected chi connectivity index (χ1v) is 6.92. The molecule has 2 nitrogen and oxygen atoms in total. The summed E-state index contributed by atoms with van der Waals surface area (Å²) < 4.78 is 0. The van der Waals surface area contributed by atoms with Gasteiger partial charge in [0.2, 0.25) is 0 Å². The average Bonchev–Trinajstić information content (AvgIpc) is 2.60. The van der Waals surface area contributed by atoms with Crippen LogP contribution in [0.5, 0.6) is 0 Å². The van der Waals surface area contributed by atoms with Crippen molar-refractivity contribution in [2.75, 3.05) is 13.6 Å². The van der Waals surface area contributed by atoms with Gasteiger partial charge >= 0.3 is 0 Å². The molecular formula is C12H21ClN2S. The Kier molecular flexibility index (Phi) is 5.76. The van der Waals surface area contributed by atoms with Crippen molar-refractivity contribution in [3.8, 4) is 0 Å². The van der Waals surface area contributed by atoms with Crippen LogP contribution in [0.25, 0.3) is 0 Å². The third-order valence-electron chi connectivity index (χ3n) is 2.75. The van der Waals surface area contributed by atoms with Crippen molar-refractivity contribution >= 4 is 22.9 Å². The first-order chi connectivity index (χ1) is 7.49. The molecule has 1 rings (SSSR count). The summed E-state index contributed by atoms with van der Waals surface area (Å²) in [5.74, 6) is 0.560. The molecule has 0 saturated carbocycles. The van der Waals surface area contributed by atoms with Crippen LogP contribution in [0.3, 0.4) is 0 Å². The van der Waals surface area contributed by atoms with Crippen LogP contribution >= 0.6 is 22.9 Å². The minimum Gasteiger partial charge on any atom is -0.327 e. The number of nitrogens with two attached hydrogens (primary N) is 1. The van der Waals surface area contributed by atoms with Gasteiger partial charge in [0.05, 0.1) is 5.02 Å². The molecule has 0 saturated heterocycles. The molecule has 0 aliphatic heterocycles. The number of nitrogens with zero attached hydrogens (tertiary/aromatic N) is 1. The van der Waals surface area contributed by atoms with E-state index < -0.39 is 0 Å². The maximum atomic E-state index is 6.02. The highest BCUT2D eigenvalue weighted by molar-refractivity contribution is 7.10. The van der Waals surface area contributed by atoms with Gasteiger partial charge in [0.1, 0.15) is 0 Å². The second-order valence-corrected chi connectivity index (χ2v) is 6.10. The van der Waals surface area contributed by atoms with E-state index in [1.807, 2.05) is 11.4 Å². The van der Waals surface area contributed by atoms with Gasteiger partial charge in [-0.15, -0.1) is 11.3 Å².